The monoisotopic (exact) mass is 220 g/mol. The summed E-state index contributed by atoms with van der Waals surface area (Å²) < 4.78 is 0. The van der Waals surface area contributed by atoms with Crippen LogP contribution >= 0.6 is 0 Å². The number of unbranched alkanes of at least 4 members (excludes halogenated alkanes) is 1. The van der Waals surface area contributed by atoms with Gasteiger partial charge in [0.25, 0.3) is 0 Å². The van der Waals surface area contributed by atoms with Crippen LogP contribution in [0.2, 0.25) is 0 Å². The molecule has 0 fully saturated rings. The van der Waals surface area contributed by atoms with Crippen LogP contribution < -0.4 is 0 Å². The highest BCUT2D eigenvalue weighted by atomic mass is 16.1. The third-order valence-corrected chi connectivity index (χ3v) is 2.20. The van der Waals surface area contributed by atoms with E-state index in [1.807, 2.05) is 24.3 Å². The molecule has 0 aromatic heterocycles. The van der Waals surface area contributed by atoms with Crippen molar-refractivity contribution in [1.82, 2.24) is 0 Å². The number of hydrogen-bond acceptors (Lipinski definition) is 1. The molecule has 1 aromatic rings. The number of carbonyl (C=O) groups excluding carboxylic acids is 1. The van der Waals surface area contributed by atoms with Crippen LogP contribution in [0, 0.1) is 0 Å². The van der Waals surface area contributed by atoms with Crippen LogP contribution in [0.25, 0.3) is 0 Å². The average Bonchev–Trinajstić information content (AvgIpc) is 2.27. The molecule has 0 saturated carbocycles. The SMILES string of the molecule is CCC.CCCCc1ccccc1C(C)=O. The molecule has 1 rings (SSSR count). The Bertz CT molecular complexity index is 302. The van der Waals surface area contributed by atoms with E-state index in [-0.39, 0.29) is 5.78 Å². The number of aryl methyl sites for hydroxylation is 1. The quantitative estimate of drug-likeness (QED) is 0.675. The van der Waals surface area contributed by atoms with Gasteiger partial charge in [0.05, 0.1) is 0 Å². The molecular formula is C15H24O. The van der Waals surface area contributed by atoms with Gasteiger partial charge in [0.1, 0.15) is 0 Å². The van der Waals surface area contributed by atoms with Crippen molar-refractivity contribution in [2.24, 2.45) is 0 Å². The minimum atomic E-state index is 0.173. The first-order valence-corrected chi connectivity index (χ1v) is 6.26. The molecule has 0 amide bonds. The molecule has 1 heteroatoms. The summed E-state index contributed by atoms with van der Waals surface area (Å²) in [6.45, 7) is 8.04. The van der Waals surface area contributed by atoms with Gasteiger partial charge in [0.2, 0.25) is 0 Å². The lowest BCUT2D eigenvalue weighted by molar-refractivity contribution is 0.101. The summed E-state index contributed by atoms with van der Waals surface area (Å²) in [6.07, 6.45) is 4.60. The Morgan fingerprint density at radius 3 is 2.19 bits per heavy atom. The summed E-state index contributed by atoms with van der Waals surface area (Å²) in [6, 6.07) is 7.88. The largest absolute Gasteiger partial charge is 0.295 e. The van der Waals surface area contributed by atoms with Gasteiger partial charge in [-0.2, -0.15) is 0 Å². The Balaban J connectivity index is 0.000000673. The van der Waals surface area contributed by atoms with E-state index in [0.717, 1.165) is 18.4 Å². The summed E-state index contributed by atoms with van der Waals surface area (Å²) in [5.74, 6) is 0.173. The Labute approximate surface area is 99.9 Å². The minimum Gasteiger partial charge on any atom is -0.295 e. The molecular weight excluding hydrogens is 196 g/mol. The predicted molar refractivity (Wildman–Crippen MR) is 71.0 cm³/mol. The van der Waals surface area contributed by atoms with E-state index in [0.29, 0.717) is 0 Å². The number of rotatable bonds is 4. The van der Waals surface area contributed by atoms with Crippen molar-refractivity contribution in [2.45, 2.75) is 53.4 Å². The van der Waals surface area contributed by atoms with E-state index in [4.69, 9.17) is 0 Å². The summed E-state index contributed by atoms with van der Waals surface area (Å²) in [5.41, 5.74) is 2.08. The molecule has 0 saturated heterocycles. The lowest BCUT2D eigenvalue weighted by Crippen LogP contribution is -1.98. The van der Waals surface area contributed by atoms with Crippen LogP contribution in [0.5, 0.6) is 0 Å². The summed E-state index contributed by atoms with van der Waals surface area (Å²) in [4.78, 5) is 11.2. The summed E-state index contributed by atoms with van der Waals surface area (Å²) in [7, 11) is 0. The van der Waals surface area contributed by atoms with E-state index in [1.54, 1.807) is 6.92 Å². The lowest BCUT2D eigenvalue weighted by atomic mass is 10.00. The molecule has 16 heavy (non-hydrogen) atoms. The molecule has 0 radical (unpaired) electrons. The van der Waals surface area contributed by atoms with Crippen molar-refractivity contribution in [2.75, 3.05) is 0 Å². The smallest absolute Gasteiger partial charge is 0.160 e. The van der Waals surface area contributed by atoms with Crippen LogP contribution in [-0.4, -0.2) is 5.78 Å². The average molecular weight is 220 g/mol. The van der Waals surface area contributed by atoms with Crippen molar-refractivity contribution in [3.8, 4) is 0 Å². The fourth-order valence-electron chi connectivity index (χ4n) is 1.45. The predicted octanol–water partition coefficient (Wildman–Crippen LogP) is 4.65. The van der Waals surface area contributed by atoms with Crippen LogP contribution in [0.4, 0.5) is 0 Å². The molecule has 0 bridgehead atoms. The van der Waals surface area contributed by atoms with Gasteiger partial charge < -0.3 is 0 Å². The zero-order valence-electron chi connectivity index (χ0n) is 11.0. The normalized spacial score (nSPS) is 9.25. The van der Waals surface area contributed by atoms with Gasteiger partial charge in [-0.25, -0.2) is 0 Å². The number of hydrogen-bond donors (Lipinski definition) is 0. The molecule has 90 valence electrons. The maximum Gasteiger partial charge on any atom is 0.160 e. The summed E-state index contributed by atoms with van der Waals surface area (Å²) >= 11 is 0. The maximum atomic E-state index is 11.2. The number of carbonyl (C=O) groups is 1. The second-order valence-electron chi connectivity index (χ2n) is 4.02. The van der Waals surface area contributed by atoms with Gasteiger partial charge in [-0.05, 0) is 25.3 Å². The van der Waals surface area contributed by atoms with Crippen molar-refractivity contribution in [3.05, 3.63) is 35.4 Å². The third kappa shape index (κ3) is 5.69. The highest BCUT2D eigenvalue weighted by Gasteiger charge is 2.04. The standard InChI is InChI=1S/C12H16O.C3H8/c1-3-4-7-11-8-5-6-9-12(11)10(2)13;1-3-2/h5-6,8-9H,3-4,7H2,1-2H3;3H2,1-2H3. The minimum absolute atomic E-state index is 0.173. The molecule has 0 aliphatic carbocycles. The second-order valence-corrected chi connectivity index (χ2v) is 4.02. The van der Waals surface area contributed by atoms with Crippen LogP contribution in [-0.2, 0) is 6.42 Å². The van der Waals surface area contributed by atoms with E-state index in [9.17, 15) is 4.79 Å². The van der Waals surface area contributed by atoms with Crippen LogP contribution in [0.3, 0.4) is 0 Å². The van der Waals surface area contributed by atoms with Gasteiger partial charge in [0.15, 0.2) is 5.78 Å². The first kappa shape index (κ1) is 14.9. The fourth-order valence-corrected chi connectivity index (χ4v) is 1.45. The zero-order chi connectivity index (χ0) is 12.4. The van der Waals surface area contributed by atoms with E-state index >= 15 is 0 Å². The molecule has 1 nitrogen and oxygen atoms in total. The number of ketones is 1. The second kappa shape index (κ2) is 9.14. The number of benzene rings is 1. The maximum absolute atomic E-state index is 11.2. The van der Waals surface area contributed by atoms with Crippen molar-refractivity contribution in [3.63, 3.8) is 0 Å². The van der Waals surface area contributed by atoms with Gasteiger partial charge >= 0.3 is 0 Å². The van der Waals surface area contributed by atoms with Crippen molar-refractivity contribution >= 4 is 5.78 Å². The highest BCUT2D eigenvalue weighted by molar-refractivity contribution is 5.95. The Morgan fingerprint density at radius 1 is 1.12 bits per heavy atom. The molecule has 0 N–H and O–H groups in total. The Hall–Kier alpha value is -1.11. The van der Waals surface area contributed by atoms with E-state index < -0.39 is 0 Å². The fraction of sp³-hybridized carbons (Fsp3) is 0.533. The highest BCUT2D eigenvalue weighted by Crippen LogP contribution is 2.12. The Morgan fingerprint density at radius 2 is 1.69 bits per heavy atom. The van der Waals surface area contributed by atoms with Crippen LogP contribution in [0.1, 0.15) is 62.9 Å². The molecule has 0 atom stereocenters. The molecule has 0 heterocycles. The molecule has 0 unspecified atom stereocenters. The topological polar surface area (TPSA) is 17.1 Å². The molecule has 0 spiro atoms. The zero-order valence-corrected chi connectivity index (χ0v) is 11.0. The van der Waals surface area contributed by atoms with Gasteiger partial charge in [0, 0.05) is 5.56 Å². The van der Waals surface area contributed by atoms with Gasteiger partial charge in [-0.3, -0.25) is 4.79 Å². The first-order chi connectivity index (χ1) is 7.67. The van der Waals surface area contributed by atoms with Crippen molar-refractivity contribution < 1.29 is 4.79 Å². The molecule has 0 aliphatic rings. The Kier molecular flexibility index (Phi) is 8.51. The van der Waals surface area contributed by atoms with Crippen molar-refractivity contribution in [1.29, 1.82) is 0 Å². The number of Topliss-reactive ketones (excluding diaryl/α,β-unsaturated/α-hetero) is 1. The third-order valence-electron chi connectivity index (χ3n) is 2.20. The summed E-state index contributed by atoms with van der Waals surface area (Å²) in [5, 5.41) is 0. The lowest BCUT2D eigenvalue weighted by Gasteiger charge is -2.04. The van der Waals surface area contributed by atoms with Crippen LogP contribution in [0.15, 0.2) is 24.3 Å². The first-order valence-electron chi connectivity index (χ1n) is 6.26. The molecule has 1 aromatic carbocycles. The van der Waals surface area contributed by atoms with Gasteiger partial charge in [-0.15, -0.1) is 0 Å². The van der Waals surface area contributed by atoms with E-state index in [2.05, 4.69) is 20.8 Å². The van der Waals surface area contributed by atoms with Gasteiger partial charge in [-0.1, -0.05) is 57.9 Å². The van der Waals surface area contributed by atoms with E-state index in [1.165, 1.54) is 18.4 Å². The molecule has 0 aliphatic heterocycles.